The van der Waals surface area contributed by atoms with E-state index in [2.05, 4.69) is 4.98 Å². The Labute approximate surface area is 87.7 Å². The summed E-state index contributed by atoms with van der Waals surface area (Å²) in [7, 11) is 1.62. The van der Waals surface area contributed by atoms with Crippen molar-refractivity contribution in [3.8, 4) is 17.1 Å². The van der Waals surface area contributed by atoms with Gasteiger partial charge in [-0.1, -0.05) is 12.1 Å². The zero-order valence-electron chi connectivity index (χ0n) is 8.65. The number of nitrogens with two attached hydrogens (primary N) is 1. The summed E-state index contributed by atoms with van der Waals surface area (Å²) in [6.07, 6.45) is 0. The number of nitrogens with zero attached hydrogens (tertiary/aromatic N) is 1. The molecule has 0 saturated heterocycles. The van der Waals surface area contributed by atoms with Gasteiger partial charge in [-0.15, -0.1) is 0 Å². The lowest BCUT2D eigenvalue weighted by Crippen LogP contribution is -1.87. The van der Waals surface area contributed by atoms with E-state index in [1.165, 1.54) is 0 Å². The van der Waals surface area contributed by atoms with E-state index >= 15 is 0 Å². The van der Waals surface area contributed by atoms with Crippen LogP contribution in [0.4, 0.5) is 6.01 Å². The van der Waals surface area contributed by atoms with Crippen molar-refractivity contribution in [2.75, 3.05) is 12.8 Å². The molecule has 0 saturated carbocycles. The minimum Gasteiger partial charge on any atom is -0.496 e. The van der Waals surface area contributed by atoms with Crippen LogP contribution in [0, 0.1) is 6.92 Å². The van der Waals surface area contributed by atoms with Crippen LogP contribution < -0.4 is 10.5 Å². The molecule has 78 valence electrons. The number of rotatable bonds is 2. The number of oxazole rings is 1. The zero-order valence-corrected chi connectivity index (χ0v) is 8.65. The lowest BCUT2D eigenvalue weighted by molar-refractivity contribution is 0.415. The molecule has 0 amide bonds. The van der Waals surface area contributed by atoms with Gasteiger partial charge in [0.2, 0.25) is 0 Å². The molecule has 15 heavy (non-hydrogen) atoms. The minimum atomic E-state index is 0.174. The quantitative estimate of drug-likeness (QED) is 0.814. The molecule has 0 unspecified atom stereocenters. The molecule has 4 heteroatoms. The Morgan fingerprint density at radius 2 is 2.07 bits per heavy atom. The van der Waals surface area contributed by atoms with Crippen LogP contribution in [0.25, 0.3) is 11.3 Å². The number of hydrogen-bond acceptors (Lipinski definition) is 4. The fraction of sp³-hybridized carbons (Fsp3) is 0.182. The fourth-order valence-corrected chi connectivity index (χ4v) is 1.50. The Bertz CT molecular complexity index is 477. The summed E-state index contributed by atoms with van der Waals surface area (Å²) in [5, 5.41) is 0. The Kier molecular flexibility index (Phi) is 2.33. The third-order valence-corrected chi connectivity index (χ3v) is 2.16. The maximum absolute atomic E-state index is 5.49. The van der Waals surface area contributed by atoms with Crippen LogP contribution in [0.5, 0.6) is 5.75 Å². The van der Waals surface area contributed by atoms with Gasteiger partial charge in [-0.2, -0.15) is 4.98 Å². The van der Waals surface area contributed by atoms with Crippen LogP contribution in [-0.2, 0) is 0 Å². The Morgan fingerprint density at radius 3 is 2.67 bits per heavy atom. The Morgan fingerprint density at radius 1 is 1.33 bits per heavy atom. The van der Waals surface area contributed by atoms with Gasteiger partial charge in [-0.3, -0.25) is 0 Å². The van der Waals surface area contributed by atoms with Crippen LogP contribution in [0.15, 0.2) is 28.7 Å². The summed E-state index contributed by atoms with van der Waals surface area (Å²) >= 11 is 0. The normalized spacial score (nSPS) is 10.3. The maximum Gasteiger partial charge on any atom is 0.292 e. The van der Waals surface area contributed by atoms with Gasteiger partial charge in [0.25, 0.3) is 6.01 Å². The number of nitrogen functional groups attached to an aromatic ring is 1. The number of aryl methyl sites for hydroxylation is 1. The summed E-state index contributed by atoms with van der Waals surface area (Å²) in [5.41, 5.74) is 7.11. The number of benzene rings is 1. The lowest BCUT2D eigenvalue weighted by Gasteiger charge is -2.05. The smallest absolute Gasteiger partial charge is 0.292 e. The molecule has 0 aliphatic heterocycles. The number of ether oxygens (including phenoxy) is 1. The predicted molar refractivity (Wildman–Crippen MR) is 57.6 cm³/mol. The summed E-state index contributed by atoms with van der Waals surface area (Å²) in [5.74, 6) is 1.40. The number of para-hydroxylation sites is 1. The largest absolute Gasteiger partial charge is 0.496 e. The first-order valence-electron chi connectivity index (χ1n) is 4.58. The standard InChI is InChI=1S/C11H12N2O2/c1-7-10(15-11(12)13-7)8-5-3-4-6-9(8)14-2/h3-6H,1-2H3,(H2,12,13). The molecule has 4 nitrogen and oxygen atoms in total. The van der Waals surface area contributed by atoms with E-state index in [-0.39, 0.29) is 6.01 Å². The number of aromatic nitrogens is 1. The molecule has 0 atom stereocenters. The predicted octanol–water partition coefficient (Wildman–Crippen LogP) is 2.24. The van der Waals surface area contributed by atoms with Crippen LogP contribution in [0.1, 0.15) is 5.69 Å². The van der Waals surface area contributed by atoms with Crippen molar-refractivity contribution < 1.29 is 9.15 Å². The topological polar surface area (TPSA) is 61.3 Å². The first kappa shape index (κ1) is 9.58. The third kappa shape index (κ3) is 1.66. The van der Waals surface area contributed by atoms with Crippen molar-refractivity contribution in [3.63, 3.8) is 0 Å². The van der Waals surface area contributed by atoms with Crippen molar-refractivity contribution in [2.24, 2.45) is 0 Å². The maximum atomic E-state index is 5.49. The fourth-order valence-electron chi connectivity index (χ4n) is 1.50. The van der Waals surface area contributed by atoms with Crippen molar-refractivity contribution >= 4 is 6.01 Å². The highest BCUT2D eigenvalue weighted by molar-refractivity contribution is 5.68. The SMILES string of the molecule is COc1ccccc1-c1oc(N)nc1C. The van der Waals surface area contributed by atoms with E-state index in [0.717, 1.165) is 17.0 Å². The molecule has 2 rings (SSSR count). The van der Waals surface area contributed by atoms with E-state index in [0.29, 0.717) is 5.76 Å². The second kappa shape index (κ2) is 3.65. The molecule has 0 radical (unpaired) electrons. The summed E-state index contributed by atoms with van der Waals surface area (Å²) < 4.78 is 10.6. The number of anilines is 1. The highest BCUT2D eigenvalue weighted by atomic mass is 16.5. The molecule has 1 aromatic carbocycles. The van der Waals surface area contributed by atoms with E-state index in [1.54, 1.807) is 7.11 Å². The highest BCUT2D eigenvalue weighted by Crippen LogP contribution is 2.32. The van der Waals surface area contributed by atoms with Crippen molar-refractivity contribution in [2.45, 2.75) is 6.92 Å². The summed E-state index contributed by atoms with van der Waals surface area (Å²) in [4.78, 5) is 4.02. The van der Waals surface area contributed by atoms with Gasteiger partial charge >= 0.3 is 0 Å². The molecule has 2 N–H and O–H groups in total. The van der Waals surface area contributed by atoms with Crippen LogP contribution in [0.2, 0.25) is 0 Å². The first-order chi connectivity index (χ1) is 7.22. The van der Waals surface area contributed by atoms with Gasteiger partial charge in [0.1, 0.15) is 5.75 Å². The molecule has 0 fully saturated rings. The van der Waals surface area contributed by atoms with Crippen LogP contribution >= 0.6 is 0 Å². The molecule has 0 spiro atoms. The minimum absolute atomic E-state index is 0.174. The average molecular weight is 204 g/mol. The van der Waals surface area contributed by atoms with Crippen LogP contribution in [0.3, 0.4) is 0 Å². The molecular weight excluding hydrogens is 192 g/mol. The van der Waals surface area contributed by atoms with Crippen LogP contribution in [-0.4, -0.2) is 12.1 Å². The monoisotopic (exact) mass is 204 g/mol. The molecule has 0 bridgehead atoms. The first-order valence-corrected chi connectivity index (χ1v) is 4.58. The van der Waals surface area contributed by atoms with Crippen molar-refractivity contribution in [1.82, 2.24) is 4.98 Å². The van der Waals surface area contributed by atoms with Crippen molar-refractivity contribution in [3.05, 3.63) is 30.0 Å². The molecule has 0 aliphatic rings. The van der Waals surface area contributed by atoms with E-state index in [4.69, 9.17) is 14.9 Å². The van der Waals surface area contributed by atoms with Gasteiger partial charge in [-0.25, -0.2) is 0 Å². The van der Waals surface area contributed by atoms with Gasteiger partial charge in [0.05, 0.1) is 18.4 Å². The second-order valence-corrected chi connectivity index (χ2v) is 3.17. The molecular formula is C11H12N2O2. The van der Waals surface area contributed by atoms with Gasteiger partial charge in [0.15, 0.2) is 5.76 Å². The van der Waals surface area contributed by atoms with Gasteiger partial charge < -0.3 is 14.9 Å². The zero-order chi connectivity index (χ0) is 10.8. The Hall–Kier alpha value is -1.97. The highest BCUT2D eigenvalue weighted by Gasteiger charge is 2.13. The number of hydrogen-bond donors (Lipinski definition) is 1. The molecule has 2 aromatic rings. The number of methoxy groups -OCH3 is 1. The second-order valence-electron chi connectivity index (χ2n) is 3.17. The third-order valence-electron chi connectivity index (χ3n) is 2.16. The van der Waals surface area contributed by atoms with Gasteiger partial charge in [-0.05, 0) is 19.1 Å². The molecule has 1 aromatic heterocycles. The average Bonchev–Trinajstić information content (AvgIpc) is 2.57. The summed E-state index contributed by atoms with van der Waals surface area (Å²) in [6.45, 7) is 1.85. The van der Waals surface area contributed by atoms with E-state index in [9.17, 15) is 0 Å². The van der Waals surface area contributed by atoms with E-state index < -0.39 is 0 Å². The Balaban J connectivity index is 2.58. The molecule has 1 heterocycles. The van der Waals surface area contributed by atoms with E-state index in [1.807, 2.05) is 31.2 Å². The van der Waals surface area contributed by atoms with Crippen molar-refractivity contribution in [1.29, 1.82) is 0 Å². The molecule has 0 aliphatic carbocycles. The lowest BCUT2D eigenvalue weighted by atomic mass is 10.1. The van der Waals surface area contributed by atoms with Gasteiger partial charge in [0, 0.05) is 0 Å². The summed E-state index contributed by atoms with van der Waals surface area (Å²) in [6, 6.07) is 7.76.